The lowest BCUT2D eigenvalue weighted by molar-refractivity contribution is 0.0230. The van der Waals surface area contributed by atoms with Gasteiger partial charge in [0.05, 0.1) is 38.1 Å². The summed E-state index contributed by atoms with van der Waals surface area (Å²) in [7, 11) is 1.70. The molecule has 176 valence electrons. The first-order valence-corrected chi connectivity index (χ1v) is 11.2. The van der Waals surface area contributed by atoms with Crippen molar-refractivity contribution in [3.8, 4) is 11.3 Å². The number of hydrogen-bond acceptors (Lipinski definition) is 8. The van der Waals surface area contributed by atoms with Crippen molar-refractivity contribution in [2.24, 2.45) is 0 Å². The van der Waals surface area contributed by atoms with E-state index in [2.05, 4.69) is 21.5 Å². The van der Waals surface area contributed by atoms with Gasteiger partial charge < -0.3 is 28.7 Å². The molecule has 1 aromatic heterocycles. The van der Waals surface area contributed by atoms with E-state index in [0.29, 0.717) is 39.5 Å². The van der Waals surface area contributed by atoms with Gasteiger partial charge in [-0.25, -0.2) is 0 Å². The van der Waals surface area contributed by atoms with Gasteiger partial charge in [-0.2, -0.15) is 0 Å². The molecule has 0 bridgehead atoms. The van der Waals surface area contributed by atoms with E-state index in [9.17, 15) is 5.11 Å². The largest absolute Gasteiger partial charge is 0.389 e. The number of morpholine rings is 1. The Morgan fingerprint density at radius 2 is 2.06 bits per heavy atom. The molecule has 1 aromatic carbocycles. The maximum absolute atomic E-state index is 10.5. The highest BCUT2D eigenvalue weighted by atomic mass is 16.5. The van der Waals surface area contributed by atoms with Crippen molar-refractivity contribution < 1.29 is 23.8 Å². The highest BCUT2D eigenvalue weighted by Gasteiger charge is 2.26. The molecule has 1 aliphatic rings. The minimum absolute atomic E-state index is 0.262. The summed E-state index contributed by atoms with van der Waals surface area (Å²) in [5, 5.41) is 15.0. The molecule has 8 heteroatoms. The van der Waals surface area contributed by atoms with Crippen molar-refractivity contribution in [2.75, 3.05) is 71.2 Å². The van der Waals surface area contributed by atoms with Crippen LogP contribution in [0.15, 0.2) is 47.5 Å². The lowest BCUT2D eigenvalue weighted by Crippen LogP contribution is -2.38. The van der Waals surface area contributed by atoms with Crippen LogP contribution in [0.1, 0.15) is 12.0 Å². The molecule has 0 spiro atoms. The normalized spacial score (nSPS) is 15.3. The van der Waals surface area contributed by atoms with Gasteiger partial charge in [0, 0.05) is 52.0 Å². The van der Waals surface area contributed by atoms with E-state index < -0.39 is 6.10 Å². The number of aliphatic hydroxyl groups is 1. The second-order valence-corrected chi connectivity index (χ2v) is 7.84. The highest BCUT2D eigenvalue weighted by molar-refractivity contribution is 5.68. The molecule has 0 unspecified atom stereocenters. The molecule has 8 nitrogen and oxygen atoms in total. The number of anilines is 1. The Morgan fingerprint density at radius 1 is 1.28 bits per heavy atom. The third-order valence-electron chi connectivity index (χ3n) is 5.33. The topological polar surface area (TPSA) is 80.4 Å². The Labute approximate surface area is 190 Å². The van der Waals surface area contributed by atoms with Gasteiger partial charge in [0.25, 0.3) is 0 Å². The molecule has 1 atom stereocenters. The number of methoxy groups -OCH3 is 1. The Morgan fingerprint density at radius 3 is 2.78 bits per heavy atom. The lowest BCUT2D eigenvalue weighted by atomic mass is 10.1. The smallest absolute Gasteiger partial charge is 0.232 e. The molecule has 3 rings (SSSR count). The van der Waals surface area contributed by atoms with Gasteiger partial charge in [0.2, 0.25) is 5.88 Å². The van der Waals surface area contributed by atoms with Crippen LogP contribution in [0.25, 0.3) is 11.3 Å². The van der Waals surface area contributed by atoms with Crippen molar-refractivity contribution in [3.63, 3.8) is 0 Å². The van der Waals surface area contributed by atoms with Gasteiger partial charge >= 0.3 is 0 Å². The molecule has 1 N–H and O–H groups in total. The molecule has 1 saturated heterocycles. The van der Waals surface area contributed by atoms with E-state index in [4.69, 9.17) is 18.7 Å². The summed E-state index contributed by atoms with van der Waals surface area (Å²) in [6.07, 6.45) is 1.93. The zero-order valence-electron chi connectivity index (χ0n) is 18.9. The fourth-order valence-corrected chi connectivity index (χ4v) is 3.81. The van der Waals surface area contributed by atoms with Crippen molar-refractivity contribution >= 4 is 5.88 Å². The van der Waals surface area contributed by atoms with Crippen molar-refractivity contribution in [2.45, 2.75) is 19.1 Å². The molecule has 0 radical (unpaired) electrons. The first-order valence-electron chi connectivity index (χ1n) is 11.2. The average molecular weight is 446 g/mol. The molecule has 0 amide bonds. The van der Waals surface area contributed by atoms with E-state index in [1.165, 1.54) is 0 Å². The van der Waals surface area contributed by atoms with Crippen LogP contribution in [-0.2, 0) is 20.8 Å². The Hall–Kier alpha value is -2.23. The van der Waals surface area contributed by atoms with Gasteiger partial charge in [-0.05, 0) is 6.42 Å². The van der Waals surface area contributed by atoms with Gasteiger partial charge in [-0.3, -0.25) is 4.90 Å². The molecule has 0 saturated carbocycles. The monoisotopic (exact) mass is 445 g/mol. The summed E-state index contributed by atoms with van der Waals surface area (Å²) in [5.74, 6) is 0.779. The Kier molecular flexibility index (Phi) is 10.2. The number of nitrogens with zero attached hydrogens (tertiary/aromatic N) is 3. The molecule has 32 heavy (non-hydrogen) atoms. The third-order valence-corrected chi connectivity index (χ3v) is 5.33. The molecule has 2 heterocycles. The summed E-state index contributed by atoms with van der Waals surface area (Å²) >= 11 is 0. The van der Waals surface area contributed by atoms with Gasteiger partial charge in [0.15, 0.2) is 0 Å². The Bertz CT molecular complexity index is 792. The number of ether oxygens (including phenoxy) is 3. The van der Waals surface area contributed by atoms with Crippen LogP contribution in [0.5, 0.6) is 0 Å². The summed E-state index contributed by atoms with van der Waals surface area (Å²) < 4.78 is 22.1. The SMILES string of the molecule is C=CCOC[C@@H](O)CN(CCCOC)Cc1c(-c2ccccc2)noc1N1CCOCC1. The van der Waals surface area contributed by atoms with Gasteiger partial charge in [-0.1, -0.05) is 41.6 Å². The fraction of sp³-hybridized carbons (Fsp3) is 0.542. The molecule has 1 aliphatic heterocycles. The van der Waals surface area contributed by atoms with Crippen LogP contribution < -0.4 is 4.90 Å². The number of hydrogen-bond donors (Lipinski definition) is 1. The number of aliphatic hydroxyl groups excluding tert-OH is 1. The quantitative estimate of drug-likeness (QED) is 0.351. The van der Waals surface area contributed by atoms with Crippen molar-refractivity contribution in [3.05, 3.63) is 48.6 Å². The van der Waals surface area contributed by atoms with Crippen molar-refractivity contribution in [1.82, 2.24) is 10.1 Å². The summed E-state index contributed by atoms with van der Waals surface area (Å²) in [4.78, 5) is 4.40. The molecular weight excluding hydrogens is 410 g/mol. The van der Waals surface area contributed by atoms with Crippen LogP contribution in [0.3, 0.4) is 0 Å². The van der Waals surface area contributed by atoms with Crippen LogP contribution in [0, 0.1) is 0 Å². The molecule has 1 fully saturated rings. The minimum Gasteiger partial charge on any atom is -0.389 e. The third kappa shape index (κ3) is 7.15. The van der Waals surface area contributed by atoms with Gasteiger partial charge in [0.1, 0.15) is 5.69 Å². The number of benzene rings is 1. The maximum atomic E-state index is 10.5. The first kappa shape index (κ1) is 24.4. The highest BCUT2D eigenvalue weighted by Crippen LogP contribution is 2.33. The van der Waals surface area contributed by atoms with E-state index in [0.717, 1.165) is 48.8 Å². The van der Waals surface area contributed by atoms with Crippen LogP contribution in [-0.4, -0.2) is 87.6 Å². The predicted octanol–water partition coefficient (Wildman–Crippen LogP) is 2.58. The van der Waals surface area contributed by atoms with E-state index in [1.54, 1.807) is 13.2 Å². The second-order valence-electron chi connectivity index (χ2n) is 7.84. The van der Waals surface area contributed by atoms with E-state index in [-0.39, 0.29) is 6.61 Å². The van der Waals surface area contributed by atoms with Crippen LogP contribution in [0.4, 0.5) is 5.88 Å². The predicted molar refractivity (Wildman–Crippen MR) is 124 cm³/mol. The van der Waals surface area contributed by atoms with Crippen LogP contribution in [0.2, 0.25) is 0 Å². The maximum Gasteiger partial charge on any atom is 0.232 e. The average Bonchev–Trinajstić information content (AvgIpc) is 3.24. The minimum atomic E-state index is -0.607. The standard InChI is InChI=1S/C24H35N3O5/c1-3-13-31-19-21(28)17-26(10-7-14-29-2)18-22-23(20-8-5-4-6-9-20)25-32-24(22)27-11-15-30-16-12-27/h3-6,8-9,21,28H,1,7,10-19H2,2H3/t21-/m0/s1. The Balaban J connectivity index is 1.83. The van der Waals surface area contributed by atoms with Crippen LogP contribution >= 0.6 is 0 Å². The number of rotatable bonds is 14. The van der Waals surface area contributed by atoms with Gasteiger partial charge in [-0.15, -0.1) is 6.58 Å². The number of aromatic nitrogens is 1. The van der Waals surface area contributed by atoms with E-state index >= 15 is 0 Å². The molecular formula is C24H35N3O5. The first-order chi connectivity index (χ1) is 15.7. The van der Waals surface area contributed by atoms with E-state index in [1.807, 2.05) is 30.3 Å². The molecule has 0 aliphatic carbocycles. The lowest BCUT2D eigenvalue weighted by Gasteiger charge is -2.29. The zero-order valence-corrected chi connectivity index (χ0v) is 18.9. The summed E-state index contributed by atoms with van der Waals surface area (Å²) in [6, 6.07) is 10.1. The van der Waals surface area contributed by atoms with Crippen molar-refractivity contribution in [1.29, 1.82) is 0 Å². The fourth-order valence-electron chi connectivity index (χ4n) is 3.81. The second kappa shape index (κ2) is 13.3. The molecule has 2 aromatic rings. The summed E-state index contributed by atoms with van der Waals surface area (Å²) in [5.41, 5.74) is 2.87. The zero-order chi connectivity index (χ0) is 22.6. The summed E-state index contributed by atoms with van der Waals surface area (Å²) in [6.45, 7) is 9.69.